The Kier molecular flexibility index (Phi) is 3.97. The maximum absolute atomic E-state index is 12.3. The van der Waals surface area contributed by atoms with Gasteiger partial charge in [0.2, 0.25) is 0 Å². The normalized spacial score (nSPS) is 24.8. The molecule has 0 aliphatic heterocycles. The number of aryl methyl sites for hydroxylation is 1. The van der Waals surface area contributed by atoms with Crippen molar-refractivity contribution in [2.24, 2.45) is 11.8 Å². The quantitative estimate of drug-likeness (QED) is 0.749. The molecule has 0 radical (unpaired) electrons. The molecule has 0 aromatic carbocycles. The molecule has 1 fully saturated rings. The first-order chi connectivity index (χ1) is 8.20. The monoisotopic (exact) mass is 234 g/mol. The molecule has 0 spiro atoms. The first kappa shape index (κ1) is 12.3. The fourth-order valence-corrected chi connectivity index (χ4v) is 2.75. The van der Waals surface area contributed by atoms with Crippen molar-refractivity contribution in [2.75, 3.05) is 0 Å². The van der Waals surface area contributed by atoms with Crippen LogP contribution in [-0.4, -0.2) is 15.6 Å². The maximum Gasteiger partial charge on any atom is 0.169 e. The van der Waals surface area contributed by atoms with Crippen LogP contribution < -0.4 is 0 Å². The molecule has 17 heavy (non-hydrogen) atoms. The van der Waals surface area contributed by atoms with E-state index < -0.39 is 0 Å². The summed E-state index contributed by atoms with van der Waals surface area (Å²) in [5.41, 5.74) is 0.803. The van der Waals surface area contributed by atoms with E-state index in [9.17, 15) is 4.79 Å². The van der Waals surface area contributed by atoms with Crippen LogP contribution in [0.1, 0.15) is 56.3 Å². The lowest BCUT2D eigenvalue weighted by atomic mass is 9.79. The number of hydrogen-bond donors (Lipinski definition) is 0. The van der Waals surface area contributed by atoms with E-state index in [1.165, 1.54) is 12.8 Å². The lowest BCUT2D eigenvalue weighted by Gasteiger charge is -2.25. The van der Waals surface area contributed by atoms with Crippen LogP contribution in [0.4, 0.5) is 0 Å². The fourth-order valence-electron chi connectivity index (χ4n) is 2.75. The molecular formula is C14H22N2O. The minimum atomic E-state index is 0.234. The Morgan fingerprint density at radius 3 is 3.06 bits per heavy atom. The average molecular weight is 234 g/mol. The largest absolute Gasteiger partial charge is 0.294 e. The number of rotatable bonds is 4. The summed E-state index contributed by atoms with van der Waals surface area (Å²) in [6.07, 6.45) is 9.28. The molecule has 1 saturated carbocycles. The minimum absolute atomic E-state index is 0.234. The second kappa shape index (κ2) is 5.48. The molecule has 1 aromatic rings. The number of hydrogen-bond acceptors (Lipinski definition) is 2. The third kappa shape index (κ3) is 2.96. The predicted octanol–water partition coefficient (Wildman–Crippen LogP) is 3.30. The van der Waals surface area contributed by atoms with Gasteiger partial charge in [0, 0.05) is 18.7 Å². The van der Waals surface area contributed by atoms with Crippen LogP contribution in [0.15, 0.2) is 12.4 Å². The Balaban J connectivity index is 2.02. The van der Waals surface area contributed by atoms with Gasteiger partial charge < -0.3 is 0 Å². The third-order valence-corrected chi connectivity index (χ3v) is 3.68. The number of carbonyl (C=O) groups is 1. The zero-order valence-corrected chi connectivity index (χ0v) is 10.9. The number of carbonyl (C=O) groups excluding carboxylic acids is 1. The van der Waals surface area contributed by atoms with Gasteiger partial charge in [-0.2, -0.15) is 5.10 Å². The summed E-state index contributed by atoms with van der Waals surface area (Å²) in [6, 6.07) is 0. The fraction of sp³-hybridized carbons (Fsp3) is 0.714. The van der Waals surface area contributed by atoms with Crippen LogP contribution in [0.2, 0.25) is 0 Å². The summed E-state index contributed by atoms with van der Waals surface area (Å²) in [6.45, 7) is 5.26. The first-order valence-corrected chi connectivity index (χ1v) is 6.77. The van der Waals surface area contributed by atoms with Gasteiger partial charge in [-0.3, -0.25) is 9.48 Å². The van der Waals surface area contributed by atoms with Gasteiger partial charge in [0.05, 0.1) is 11.8 Å². The molecule has 94 valence electrons. The first-order valence-electron chi connectivity index (χ1n) is 6.77. The van der Waals surface area contributed by atoms with E-state index in [-0.39, 0.29) is 5.92 Å². The van der Waals surface area contributed by atoms with Crippen molar-refractivity contribution in [3.63, 3.8) is 0 Å². The second-order valence-corrected chi connectivity index (χ2v) is 5.33. The molecule has 0 amide bonds. The van der Waals surface area contributed by atoms with Crippen LogP contribution in [0, 0.1) is 11.8 Å². The van der Waals surface area contributed by atoms with E-state index >= 15 is 0 Å². The topological polar surface area (TPSA) is 34.9 Å². The van der Waals surface area contributed by atoms with Crippen LogP contribution in [0.25, 0.3) is 0 Å². The van der Waals surface area contributed by atoms with Crippen molar-refractivity contribution in [1.82, 2.24) is 9.78 Å². The lowest BCUT2D eigenvalue weighted by Crippen LogP contribution is -2.21. The standard InChI is InChI=1S/C14H22N2O/c1-3-7-16-10-13(9-15-16)14(17)12-6-4-5-11(2)8-12/h9-12H,3-8H2,1-2H3. The van der Waals surface area contributed by atoms with Crippen LogP contribution in [0.3, 0.4) is 0 Å². The third-order valence-electron chi connectivity index (χ3n) is 3.68. The number of nitrogens with zero attached hydrogens (tertiary/aromatic N) is 2. The summed E-state index contributed by atoms with van der Waals surface area (Å²) in [4.78, 5) is 12.3. The molecule has 1 aromatic heterocycles. The molecule has 1 aliphatic rings. The highest BCUT2D eigenvalue weighted by atomic mass is 16.1. The summed E-state index contributed by atoms with van der Waals surface area (Å²) in [5.74, 6) is 1.24. The molecule has 0 N–H and O–H groups in total. The van der Waals surface area contributed by atoms with Crippen LogP contribution in [-0.2, 0) is 6.54 Å². The Morgan fingerprint density at radius 1 is 1.53 bits per heavy atom. The maximum atomic E-state index is 12.3. The van der Waals surface area contributed by atoms with E-state index in [0.717, 1.165) is 31.4 Å². The number of aromatic nitrogens is 2. The molecule has 0 saturated heterocycles. The highest BCUT2D eigenvalue weighted by Crippen LogP contribution is 2.30. The smallest absolute Gasteiger partial charge is 0.169 e. The Bertz CT molecular complexity index is 383. The lowest BCUT2D eigenvalue weighted by molar-refractivity contribution is 0.0868. The van der Waals surface area contributed by atoms with Gasteiger partial charge >= 0.3 is 0 Å². The van der Waals surface area contributed by atoms with Gasteiger partial charge in [0.15, 0.2) is 5.78 Å². The molecule has 2 rings (SSSR count). The number of Topliss-reactive ketones (excluding diaryl/α,β-unsaturated/α-hetero) is 1. The van der Waals surface area contributed by atoms with E-state index in [4.69, 9.17) is 0 Å². The average Bonchev–Trinajstić information content (AvgIpc) is 2.77. The summed E-state index contributed by atoms with van der Waals surface area (Å²) in [7, 11) is 0. The van der Waals surface area contributed by atoms with E-state index in [2.05, 4.69) is 18.9 Å². The molecule has 3 heteroatoms. The predicted molar refractivity (Wildman–Crippen MR) is 68.0 cm³/mol. The molecular weight excluding hydrogens is 212 g/mol. The van der Waals surface area contributed by atoms with Gasteiger partial charge in [0.25, 0.3) is 0 Å². The van der Waals surface area contributed by atoms with Crippen molar-refractivity contribution in [2.45, 2.75) is 52.5 Å². The Hall–Kier alpha value is -1.12. The highest BCUT2D eigenvalue weighted by molar-refractivity contribution is 5.97. The van der Waals surface area contributed by atoms with E-state index in [1.54, 1.807) is 6.20 Å². The van der Waals surface area contributed by atoms with Gasteiger partial charge in [-0.25, -0.2) is 0 Å². The minimum Gasteiger partial charge on any atom is -0.294 e. The molecule has 1 heterocycles. The van der Waals surface area contributed by atoms with Crippen LogP contribution >= 0.6 is 0 Å². The van der Waals surface area contributed by atoms with E-state index in [0.29, 0.717) is 11.7 Å². The van der Waals surface area contributed by atoms with Gasteiger partial charge in [-0.05, 0) is 25.2 Å². The summed E-state index contributed by atoms with van der Waals surface area (Å²) < 4.78 is 1.87. The Morgan fingerprint density at radius 2 is 2.35 bits per heavy atom. The number of ketones is 1. The van der Waals surface area contributed by atoms with Crippen molar-refractivity contribution in [3.05, 3.63) is 18.0 Å². The Labute approximate surface area is 103 Å². The van der Waals surface area contributed by atoms with Gasteiger partial charge in [-0.1, -0.05) is 26.7 Å². The summed E-state index contributed by atoms with van der Waals surface area (Å²) in [5, 5.41) is 4.24. The molecule has 3 nitrogen and oxygen atoms in total. The molecule has 2 atom stereocenters. The van der Waals surface area contributed by atoms with Crippen molar-refractivity contribution < 1.29 is 4.79 Å². The van der Waals surface area contributed by atoms with Crippen molar-refractivity contribution >= 4 is 5.78 Å². The molecule has 2 unspecified atom stereocenters. The van der Waals surface area contributed by atoms with E-state index in [1.807, 2.05) is 10.9 Å². The SMILES string of the molecule is CCCn1cc(C(=O)C2CCCC(C)C2)cn1. The zero-order chi connectivity index (χ0) is 12.3. The molecule has 1 aliphatic carbocycles. The summed E-state index contributed by atoms with van der Waals surface area (Å²) >= 11 is 0. The zero-order valence-electron chi connectivity index (χ0n) is 10.9. The molecule has 0 bridgehead atoms. The van der Waals surface area contributed by atoms with Gasteiger partial charge in [0.1, 0.15) is 0 Å². The second-order valence-electron chi connectivity index (χ2n) is 5.33. The van der Waals surface area contributed by atoms with Crippen molar-refractivity contribution in [1.29, 1.82) is 0 Å². The van der Waals surface area contributed by atoms with Crippen LogP contribution in [0.5, 0.6) is 0 Å². The van der Waals surface area contributed by atoms with Gasteiger partial charge in [-0.15, -0.1) is 0 Å². The van der Waals surface area contributed by atoms with Crippen molar-refractivity contribution in [3.8, 4) is 0 Å². The highest BCUT2D eigenvalue weighted by Gasteiger charge is 2.26.